The summed E-state index contributed by atoms with van der Waals surface area (Å²) in [5.74, 6) is -0.649. The highest BCUT2D eigenvalue weighted by Crippen LogP contribution is 2.02. The van der Waals surface area contributed by atoms with Crippen LogP contribution >= 0.6 is 0 Å². The number of hydrogen-bond donors (Lipinski definition) is 3. The van der Waals surface area contributed by atoms with Crippen molar-refractivity contribution in [1.29, 1.82) is 0 Å². The topological polar surface area (TPSA) is 99.8 Å². The molecule has 0 unspecified atom stereocenters. The largest absolute Gasteiger partial charge is 0.343 e. The fourth-order valence-electron chi connectivity index (χ4n) is 1.43. The quantitative estimate of drug-likeness (QED) is 0.762. The minimum absolute atomic E-state index is 0.142. The standard InChI is InChI=1S/C12H12FN5O2/c1-7-15-12(18-17-7)16-10(19)6-14-11(20)8-2-4-9(13)5-3-8/h2-5H,6H2,1H3,(H,14,20)(H2,15,16,17,18,19). The summed E-state index contributed by atoms with van der Waals surface area (Å²) in [5.41, 5.74) is 0.271. The van der Waals surface area contributed by atoms with Gasteiger partial charge in [0, 0.05) is 5.56 Å². The van der Waals surface area contributed by atoms with Gasteiger partial charge in [-0.2, -0.15) is 4.98 Å². The Kier molecular flexibility index (Phi) is 4.04. The number of halogens is 1. The monoisotopic (exact) mass is 277 g/mol. The zero-order chi connectivity index (χ0) is 14.5. The van der Waals surface area contributed by atoms with Gasteiger partial charge in [0.1, 0.15) is 11.6 Å². The second-order valence-electron chi connectivity index (χ2n) is 3.98. The molecule has 7 nitrogen and oxygen atoms in total. The van der Waals surface area contributed by atoms with Gasteiger partial charge in [-0.05, 0) is 31.2 Å². The highest BCUT2D eigenvalue weighted by Gasteiger charge is 2.09. The van der Waals surface area contributed by atoms with E-state index in [1.165, 1.54) is 24.3 Å². The summed E-state index contributed by atoms with van der Waals surface area (Å²) in [6.07, 6.45) is 0. The number of nitrogens with one attached hydrogen (secondary N) is 3. The molecule has 2 aromatic rings. The van der Waals surface area contributed by atoms with Crippen LogP contribution in [0.3, 0.4) is 0 Å². The molecule has 1 aromatic heterocycles. The Morgan fingerprint density at radius 1 is 1.30 bits per heavy atom. The van der Waals surface area contributed by atoms with E-state index < -0.39 is 17.6 Å². The lowest BCUT2D eigenvalue weighted by Gasteiger charge is -2.04. The highest BCUT2D eigenvalue weighted by atomic mass is 19.1. The molecular formula is C12H12FN5O2. The van der Waals surface area contributed by atoms with E-state index in [2.05, 4.69) is 25.8 Å². The SMILES string of the molecule is Cc1nc(NC(=O)CNC(=O)c2ccc(F)cc2)n[nH]1. The molecule has 0 saturated carbocycles. The molecule has 20 heavy (non-hydrogen) atoms. The number of carbonyl (C=O) groups excluding carboxylic acids is 2. The summed E-state index contributed by atoms with van der Waals surface area (Å²) in [5, 5.41) is 11.1. The molecular weight excluding hydrogens is 265 g/mol. The Morgan fingerprint density at radius 3 is 2.60 bits per heavy atom. The number of aromatic nitrogens is 3. The van der Waals surface area contributed by atoms with Gasteiger partial charge < -0.3 is 5.32 Å². The molecule has 0 radical (unpaired) electrons. The molecule has 8 heteroatoms. The molecule has 1 heterocycles. The van der Waals surface area contributed by atoms with Crippen LogP contribution in [0.4, 0.5) is 10.3 Å². The van der Waals surface area contributed by atoms with Crippen molar-refractivity contribution in [2.75, 3.05) is 11.9 Å². The zero-order valence-electron chi connectivity index (χ0n) is 10.6. The molecule has 0 aliphatic carbocycles. The number of carbonyl (C=O) groups is 2. The van der Waals surface area contributed by atoms with E-state index in [1.54, 1.807) is 6.92 Å². The van der Waals surface area contributed by atoms with Gasteiger partial charge in [0.2, 0.25) is 11.9 Å². The van der Waals surface area contributed by atoms with Crippen molar-refractivity contribution in [2.24, 2.45) is 0 Å². The Bertz CT molecular complexity index is 623. The van der Waals surface area contributed by atoms with Crippen LogP contribution in [0.2, 0.25) is 0 Å². The molecule has 2 amide bonds. The van der Waals surface area contributed by atoms with Crippen LogP contribution in [0, 0.1) is 12.7 Å². The van der Waals surface area contributed by atoms with E-state index in [-0.39, 0.29) is 18.1 Å². The minimum Gasteiger partial charge on any atom is -0.343 e. The van der Waals surface area contributed by atoms with Crippen LogP contribution in [0.25, 0.3) is 0 Å². The fourth-order valence-corrected chi connectivity index (χ4v) is 1.43. The van der Waals surface area contributed by atoms with E-state index in [1.807, 2.05) is 0 Å². The van der Waals surface area contributed by atoms with E-state index in [0.29, 0.717) is 5.82 Å². The van der Waals surface area contributed by atoms with Crippen molar-refractivity contribution in [3.8, 4) is 0 Å². The van der Waals surface area contributed by atoms with Crippen molar-refractivity contribution in [1.82, 2.24) is 20.5 Å². The van der Waals surface area contributed by atoms with Gasteiger partial charge in [-0.25, -0.2) is 4.39 Å². The first kappa shape index (κ1) is 13.7. The van der Waals surface area contributed by atoms with E-state index in [9.17, 15) is 14.0 Å². The van der Waals surface area contributed by atoms with Gasteiger partial charge in [0.05, 0.1) is 6.54 Å². The summed E-state index contributed by atoms with van der Waals surface area (Å²) >= 11 is 0. The molecule has 3 N–H and O–H groups in total. The lowest BCUT2D eigenvalue weighted by atomic mass is 10.2. The average Bonchev–Trinajstić information content (AvgIpc) is 2.82. The average molecular weight is 277 g/mol. The molecule has 104 valence electrons. The molecule has 0 aliphatic heterocycles. The number of aryl methyl sites for hydroxylation is 1. The molecule has 0 spiro atoms. The summed E-state index contributed by atoms with van der Waals surface area (Å²) < 4.78 is 12.7. The summed E-state index contributed by atoms with van der Waals surface area (Å²) in [4.78, 5) is 27.1. The third kappa shape index (κ3) is 3.61. The predicted molar refractivity (Wildman–Crippen MR) is 68.5 cm³/mol. The Morgan fingerprint density at radius 2 is 2.00 bits per heavy atom. The lowest BCUT2D eigenvalue weighted by molar-refractivity contribution is -0.115. The minimum atomic E-state index is -0.466. The van der Waals surface area contributed by atoms with Crippen LogP contribution < -0.4 is 10.6 Å². The Balaban J connectivity index is 1.84. The first-order valence-electron chi connectivity index (χ1n) is 5.77. The van der Waals surface area contributed by atoms with Crippen LogP contribution in [0.5, 0.6) is 0 Å². The van der Waals surface area contributed by atoms with E-state index >= 15 is 0 Å². The van der Waals surface area contributed by atoms with E-state index in [0.717, 1.165) is 0 Å². The van der Waals surface area contributed by atoms with Crippen molar-refractivity contribution in [3.63, 3.8) is 0 Å². The maximum Gasteiger partial charge on any atom is 0.251 e. The predicted octanol–water partition coefficient (Wildman–Crippen LogP) is 0.621. The Hall–Kier alpha value is -2.77. The second-order valence-corrected chi connectivity index (χ2v) is 3.98. The van der Waals surface area contributed by atoms with Crippen LogP contribution in [0.15, 0.2) is 24.3 Å². The molecule has 1 aromatic carbocycles. The third-order valence-corrected chi connectivity index (χ3v) is 2.36. The fraction of sp³-hybridized carbons (Fsp3) is 0.167. The number of nitrogens with zero attached hydrogens (tertiary/aromatic N) is 2. The van der Waals surface area contributed by atoms with Gasteiger partial charge in [0.25, 0.3) is 5.91 Å². The number of H-pyrrole nitrogens is 1. The number of anilines is 1. The van der Waals surface area contributed by atoms with Crippen LogP contribution in [-0.2, 0) is 4.79 Å². The van der Waals surface area contributed by atoms with Crippen molar-refractivity contribution >= 4 is 17.8 Å². The number of rotatable bonds is 4. The van der Waals surface area contributed by atoms with Gasteiger partial charge in [-0.1, -0.05) is 0 Å². The highest BCUT2D eigenvalue weighted by molar-refractivity contribution is 5.98. The molecule has 2 rings (SSSR count). The summed E-state index contributed by atoms with van der Waals surface area (Å²) in [6.45, 7) is 1.46. The van der Waals surface area contributed by atoms with Gasteiger partial charge in [0.15, 0.2) is 0 Å². The van der Waals surface area contributed by atoms with Gasteiger partial charge >= 0.3 is 0 Å². The normalized spacial score (nSPS) is 10.1. The molecule has 0 aliphatic rings. The smallest absolute Gasteiger partial charge is 0.251 e. The summed E-state index contributed by atoms with van der Waals surface area (Å²) in [6, 6.07) is 5.01. The van der Waals surface area contributed by atoms with Crippen molar-refractivity contribution < 1.29 is 14.0 Å². The molecule has 0 bridgehead atoms. The van der Waals surface area contributed by atoms with Crippen molar-refractivity contribution in [3.05, 3.63) is 41.5 Å². The summed E-state index contributed by atoms with van der Waals surface area (Å²) in [7, 11) is 0. The van der Waals surface area contributed by atoms with Crippen LogP contribution in [0.1, 0.15) is 16.2 Å². The van der Waals surface area contributed by atoms with Crippen LogP contribution in [-0.4, -0.2) is 33.5 Å². The third-order valence-electron chi connectivity index (χ3n) is 2.36. The zero-order valence-corrected chi connectivity index (χ0v) is 10.6. The second kappa shape index (κ2) is 5.91. The van der Waals surface area contributed by atoms with Crippen molar-refractivity contribution in [2.45, 2.75) is 6.92 Å². The molecule has 0 fully saturated rings. The number of hydrogen-bond acceptors (Lipinski definition) is 4. The number of aromatic amines is 1. The maximum atomic E-state index is 12.7. The first-order chi connectivity index (χ1) is 9.54. The van der Waals surface area contributed by atoms with E-state index in [4.69, 9.17) is 0 Å². The van der Waals surface area contributed by atoms with Gasteiger partial charge in [-0.15, -0.1) is 5.10 Å². The van der Waals surface area contributed by atoms with Gasteiger partial charge in [-0.3, -0.25) is 20.0 Å². The first-order valence-corrected chi connectivity index (χ1v) is 5.77. The Labute approximate surface area is 113 Å². The number of benzene rings is 1. The lowest BCUT2D eigenvalue weighted by Crippen LogP contribution is -2.33. The molecule has 0 saturated heterocycles. The molecule has 0 atom stereocenters. The number of amides is 2. The maximum absolute atomic E-state index is 12.7.